The van der Waals surface area contributed by atoms with E-state index < -0.39 is 0 Å². The second-order valence-corrected chi connectivity index (χ2v) is 8.53. The minimum atomic E-state index is 0.191. The third-order valence-electron chi connectivity index (χ3n) is 4.94. The number of carbonyl (C=O) groups is 1. The van der Waals surface area contributed by atoms with Crippen LogP contribution < -0.4 is 0 Å². The fourth-order valence-electron chi connectivity index (χ4n) is 3.44. The summed E-state index contributed by atoms with van der Waals surface area (Å²) in [6.45, 7) is 5.30. The van der Waals surface area contributed by atoms with Gasteiger partial charge in [-0.1, -0.05) is 21.1 Å². The minimum absolute atomic E-state index is 0.191. The second-order valence-electron chi connectivity index (χ2n) is 6.63. The van der Waals surface area contributed by atoms with Crippen LogP contribution in [-0.4, -0.2) is 33.2 Å². The van der Waals surface area contributed by atoms with E-state index in [9.17, 15) is 4.79 Å². The first-order valence-electron chi connectivity index (χ1n) is 8.59. The van der Waals surface area contributed by atoms with Crippen molar-refractivity contribution >= 4 is 44.5 Å². The molecule has 1 aliphatic rings. The number of H-pyrrole nitrogens is 1. The molecule has 1 aliphatic heterocycles. The number of nitrogens with one attached hydrogen (secondary N) is 1. The highest BCUT2D eigenvalue weighted by atomic mass is 79.9. The number of hydrogen-bond acceptors (Lipinski definition) is 4. The van der Waals surface area contributed by atoms with Gasteiger partial charge in [0.15, 0.2) is 0 Å². The molecule has 1 N–H and O–H groups in total. The van der Waals surface area contributed by atoms with Crippen molar-refractivity contribution in [2.24, 2.45) is 0 Å². The number of halogens is 1. The van der Waals surface area contributed by atoms with Crippen LogP contribution in [-0.2, 0) is 23.5 Å². The number of amides is 1. The van der Waals surface area contributed by atoms with Gasteiger partial charge in [0.1, 0.15) is 5.76 Å². The number of fused-ring (bicyclic) bond motifs is 3. The van der Waals surface area contributed by atoms with Gasteiger partial charge in [-0.15, -0.1) is 11.8 Å². The number of hydrogen-bond donors (Lipinski definition) is 1. The summed E-state index contributed by atoms with van der Waals surface area (Å²) < 4.78 is 6.24. The Morgan fingerprint density at radius 1 is 1.42 bits per heavy atom. The quantitative estimate of drug-likeness (QED) is 0.663. The zero-order valence-electron chi connectivity index (χ0n) is 14.8. The lowest BCUT2D eigenvalue weighted by atomic mass is 10.0. The van der Waals surface area contributed by atoms with Gasteiger partial charge in [-0.25, -0.2) is 0 Å². The third kappa shape index (κ3) is 3.30. The number of aromatic nitrogens is 2. The molecular weight excluding hydrogens is 414 g/mol. The molecule has 0 radical (unpaired) electrons. The summed E-state index contributed by atoms with van der Waals surface area (Å²) in [7, 11) is 0. The number of benzene rings is 1. The van der Waals surface area contributed by atoms with Crippen LogP contribution in [0.4, 0.5) is 0 Å². The molecule has 1 aromatic carbocycles. The van der Waals surface area contributed by atoms with Gasteiger partial charge in [0.05, 0.1) is 11.4 Å². The lowest BCUT2D eigenvalue weighted by molar-refractivity contribution is -0.129. The molecular formula is C19H20BrN3O2S. The maximum absolute atomic E-state index is 12.7. The van der Waals surface area contributed by atoms with Crippen molar-refractivity contribution in [1.82, 2.24) is 15.0 Å². The highest BCUT2D eigenvalue weighted by molar-refractivity contribution is 9.10. The maximum atomic E-state index is 12.7. The largest absolute Gasteiger partial charge is 0.361 e. The number of thioether (sulfide) groups is 1. The second kappa shape index (κ2) is 7.12. The summed E-state index contributed by atoms with van der Waals surface area (Å²) in [5, 5.41) is 5.17. The Morgan fingerprint density at radius 3 is 3.04 bits per heavy atom. The Kier molecular flexibility index (Phi) is 4.84. The highest BCUT2D eigenvalue weighted by Gasteiger charge is 2.24. The topological polar surface area (TPSA) is 62.1 Å². The molecule has 2 aromatic heterocycles. The summed E-state index contributed by atoms with van der Waals surface area (Å²) in [4.78, 5) is 18.1. The van der Waals surface area contributed by atoms with E-state index in [1.165, 1.54) is 16.6 Å². The van der Waals surface area contributed by atoms with Crippen LogP contribution in [0.25, 0.3) is 10.9 Å². The molecule has 0 saturated heterocycles. The van der Waals surface area contributed by atoms with Gasteiger partial charge in [-0.2, -0.15) is 0 Å². The molecule has 4 rings (SSSR count). The maximum Gasteiger partial charge on any atom is 0.232 e. The normalized spacial score (nSPS) is 14.0. The van der Waals surface area contributed by atoms with Gasteiger partial charge < -0.3 is 14.4 Å². The molecule has 5 nitrogen and oxygen atoms in total. The van der Waals surface area contributed by atoms with Crippen LogP contribution in [0.5, 0.6) is 0 Å². The fraction of sp³-hybridized carbons (Fsp3) is 0.368. The monoisotopic (exact) mass is 433 g/mol. The molecule has 0 unspecified atom stereocenters. The van der Waals surface area contributed by atoms with Crippen molar-refractivity contribution in [3.8, 4) is 0 Å². The van der Waals surface area contributed by atoms with E-state index in [-0.39, 0.29) is 5.91 Å². The van der Waals surface area contributed by atoms with Gasteiger partial charge in [-0.3, -0.25) is 4.79 Å². The summed E-state index contributed by atoms with van der Waals surface area (Å²) >= 11 is 5.17. The van der Waals surface area contributed by atoms with Gasteiger partial charge in [-0.05, 0) is 32.0 Å². The lowest BCUT2D eigenvalue weighted by Crippen LogP contribution is -2.36. The van der Waals surface area contributed by atoms with Crippen LogP contribution >= 0.6 is 27.7 Å². The van der Waals surface area contributed by atoms with E-state index in [0.717, 1.165) is 45.7 Å². The SMILES string of the molecule is Cc1noc(C)c1CSCC(=O)N1CCc2[nH]c3ccc(Br)cc3c2C1. The third-order valence-corrected chi connectivity index (χ3v) is 6.38. The van der Waals surface area contributed by atoms with Gasteiger partial charge in [0.25, 0.3) is 0 Å². The summed E-state index contributed by atoms with van der Waals surface area (Å²) in [6, 6.07) is 6.26. The molecule has 0 bridgehead atoms. The van der Waals surface area contributed by atoms with Gasteiger partial charge in [0, 0.05) is 57.5 Å². The summed E-state index contributed by atoms with van der Waals surface area (Å²) in [6.07, 6.45) is 0.877. The van der Waals surface area contributed by atoms with Crippen molar-refractivity contribution in [2.75, 3.05) is 12.3 Å². The van der Waals surface area contributed by atoms with E-state index in [2.05, 4.69) is 38.2 Å². The lowest BCUT2D eigenvalue weighted by Gasteiger charge is -2.27. The first-order valence-corrected chi connectivity index (χ1v) is 10.5. The van der Waals surface area contributed by atoms with Crippen LogP contribution in [0.2, 0.25) is 0 Å². The van der Waals surface area contributed by atoms with Gasteiger partial charge in [0.2, 0.25) is 5.91 Å². The highest BCUT2D eigenvalue weighted by Crippen LogP contribution is 2.30. The van der Waals surface area contributed by atoms with E-state index in [1.807, 2.05) is 24.8 Å². The average Bonchev–Trinajstić information content (AvgIpc) is 3.15. The van der Waals surface area contributed by atoms with Crippen LogP contribution in [0.15, 0.2) is 27.2 Å². The van der Waals surface area contributed by atoms with E-state index >= 15 is 0 Å². The molecule has 7 heteroatoms. The standard InChI is InChI=1S/C19H20BrN3O2S/c1-11-16(12(2)25-22-11)9-26-10-19(24)23-6-5-18-15(8-23)14-7-13(20)3-4-17(14)21-18/h3-4,7,21H,5-6,8-10H2,1-2H3. The molecule has 136 valence electrons. The average molecular weight is 434 g/mol. The van der Waals surface area contributed by atoms with E-state index in [0.29, 0.717) is 12.3 Å². The Balaban J connectivity index is 1.42. The van der Waals surface area contributed by atoms with Crippen LogP contribution in [0.3, 0.4) is 0 Å². The number of aryl methyl sites for hydroxylation is 2. The van der Waals surface area contributed by atoms with E-state index in [4.69, 9.17) is 4.52 Å². The molecule has 1 amide bonds. The Bertz CT molecular complexity index is 959. The number of carbonyl (C=O) groups excluding carboxylic acids is 1. The number of nitrogens with zero attached hydrogens (tertiary/aromatic N) is 2. The molecule has 3 heterocycles. The molecule has 0 atom stereocenters. The van der Waals surface area contributed by atoms with Crippen LogP contribution in [0.1, 0.15) is 28.3 Å². The van der Waals surface area contributed by atoms with Crippen molar-refractivity contribution in [3.63, 3.8) is 0 Å². The first kappa shape index (κ1) is 17.7. The van der Waals surface area contributed by atoms with Crippen molar-refractivity contribution < 1.29 is 9.32 Å². The smallest absolute Gasteiger partial charge is 0.232 e. The predicted octanol–water partition coefficient (Wildman–Crippen LogP) is 4.35. The molecule has 0 aliphatic carbocycles. The van der Waals surface area contributed by atoms with Crippen molar-refractivity contribution in [2.45, 2.75) is 32.6 Å². The number of aromatic amines is 1. The van der Waals surface area contributed by atoms with Crippen molar-refractivity contribution in [3.05, 3.63) is 50.9 Å². The van der Waals surface area contributed by atoms with E-state index in [1.54, 1.807) is 11.8 Å². The molecule has 26 heavy (non-hydrogen) atoms. The van der Waals surface area contributed by atoms with Crippen LogP contribution in [0, 0.1) is 13.8 Å². The zero-order chi connectivity index (χ0) is 18.3. The summed E-state index contributed by atoms with van der Waals surface area (Å²) in [5.41, 5.74) is 5.65. The Morgan fingerprint density at radius 2 is 2.27 bits per heavy atom. The Labute approximate surface area is 164 Å². The van der Waals surface area contributed by atoms with Gasteiger partial charge >= 0.3 is 0 Å². The molecule has 0 saturated carbocycles. The number of rotatable bonds is 4. The first-order chi connectivity index (χ1) is 12.5. The Hall–Kier alpha value is -1.73. The fourth-order valence-corrected chi connectivity index (χ4v) is 4.88. The van der Waals surface area contributed by atoms with Crippen molar-refractivity contribution in [1.29, 1.82) is 0 Å². The molecule has 0 spiro atoms. The predicted molar refractivity (Wildman–Crippen MR) is 107 cm³/mol. The molecule has 3 aromatic rings. The molecule has 0 fully saturated rings. The summed E-state index contributed by atoms with van der Waals surface area (Å²) in [5.74, 6) is 2.27. The zero-order valence-corrected chi connectivity index (χ0v) is 17.2. The minimum Gasteiger partial charge on any atom is -0.361 e.